The predicted octanol–water partition coefficient (Wildman–Crippen LogP) is 3.06. The van der Waals surface area contributed by atoms with Crippen LogP contribution in [-0.2, 0) is 0 Å². The van der Waals surface area contributed by atoms with Gasteiger partial charge in [-0.05, 0) is 38.4 Å². The summed E-state index contributed by atoms with van der Waals surface area (Å²) < 4.78 is 17.0. The number of ether oxygens (including phenoxy) is 3. The monoisotopic (exact) mass is 311 g/mol. The molecular weight excluding hydrogens is 294 g/mol. The summed E-state index contributed by atoms with van der Waals surface area (Å²) in [7, 11) is 0. The summed E-state index contributed by atoms with van der Waals surface area (Å²) in [5, 5.41) is 0.683. The second-order valence-corrected chi connectivity index (χ2v) is 4.44. The van der Waals surface area contributed by atoms with Gasteiger partial charge in [-0.2, -0.15) is 0 Å². The molecule has 0 spiro atoms. The number of aromatic nitrogens is 2. The summed E-state index contributed by atoms with van der Waals surface area (Å²) in [6, 6.07) is 1.75. The van der Waals surface area contributed by atoms with Crippen molar-refractivity contribution in [1.29, 1.82) is 0 Å². The molecule has 2 N–H and O–H groups in total. The molecule has 1 aromatic carbocycles. The number of nitrogens with two attached hydrogens (primary N) is 1. The van der Waals surface area contributed by atoms with Crippen molar-refractivity contribution in [2.24, 2.45) is 0 Å². The molecule has 6 nitrogen and oxygen atoms in total. The van der Waals surface area contributed by atoms with E-state index in [4.69, 9.17) is 31.5 Å². The summed E-state index contributed by atoms with van der Waals surface area (Å²) in [6.45, 7) is 7.07. The highest BCUT2D eigenvalue weighted by Gasteiger charge is 2.20. The molecule has 0 aliphatic carbocycles. The maximum absolute atomic E-state index is 5.92. The van der Waals surface area contributed by atoms with Crippen LogP contribution in [0.25, 0.3) is 10.9 Å². The third-order valence-electron chi connectivity index (χ3n) is 2.75. The zero-order valence-electron chi connectivity index (χ0n) is 12.3. The summed E-state index contributed by atoms with van der Waals surface area (Å²) in [4.78, 5) is 8.17. The van der Waals surface area contributed by atoms with E-state index in [1.165, 1.54) is 0 Å². The number of halogens is 1. The molecule has 0 aliphatic rings. The first-order valence-electron chi connectivity index (χ1n) is 6.80. The van der Waals surface area contributed by atoms with Gasteiger partial charge in [0, 0.05) is 0 Å². The van der Waals surface area contributed by atoms with E-state index in [-0.39, 0.29) is 11.1 Å². The van der Waals surface area contributed by atoms with Crippen molar-refractivity contribution in [1.82, 2.24) is 9.97 Å². The van der Waals surface area contributed by atoms with E-state index in [2.05, 4.69) is 9.97 Å². The standard InChI is InChI=1S/C14H18ClN3O3/c1-4-19-9-7-8-10(17-14(15)18-13(8)16)12(21-6-3)11(9)20-5-2/h7H,4-6H2,1-3H3,(H2,16,17,18). The molecule has 0 radical (unpaired) electrons. The fourth-order valence-electron chi connectivity index (χ4n) is 2.01. The van der Waals surface area contributed by atoms with Crippen molar-refractivity contribution >= 4 is 28.3 Å². The molecule has 1 heterocycles. The van der Waals surface area contributed by atoms with E-state index in [9.17, 15) is 0 Å². The van der Waals surface area contributed by atoms with E-state index in [0.717, 1.165) is 0 Å². The zero-order chi connectivity index (χ0) is 15.4. The van der Waals surface area contributed by atoms with Gasteiger partial charge < -0.3 is 19.9 Å². The lowest BCUT2D eigenvalue weighted by atomic mass is 10.2. The molecule has 7 heteroatoms. The van der Waals surface area contributed by atoms with Crippen molar-refractivity contribution in [2.45, 2.75) is 20.8 Å². The fourth-order valence-corrected chi connectivity index (χ4v) is 2.19. The summed E-state index contributed by atoms with van der Waals surface area (Å²) >= 11 is 5.90. The van der Waals surface area contributed by atoms with Crippen molar-refractivity contribution < 1.29 is 14.2 Å². The highest BCUT2D eigenvalue weighted by atomic mass is 35.5. The van der Waals surface area contributed by atoms with Gasteiger partial charge in [0.2, 0.25) is 11.0 Å². The fraction of sp³-hybridized carbons (Fsp3) is 0.429. The van der Waals surface area contributed by atoms with Gasteiger partial charge in [0.05, 0.1) is 25.2 Å². The highest BCUT2D eigenvalue weighted by Crippen LogP contribution is 2.44. The van der Waals surface area contributed by atoms with Crippen LogP contribution >= 0.6 is 11.6 Å². The Morgan fingerprint density at radius 1 is 1.00 bits per heavy atom. The van der Waals surface area contributed by atoms with Crippen molar-refractivity contribution in [2.75, 3.05) is 25.6 Å². The molecule has 0 unspecified atom stereocenters. The number of hydrogen-bond acceptors (Lipinski definition) is 6. The van der Waals surface area contributed by atoms with Gasteiger partial charge in [-0.25, -0.2) is 9.97 Å². The summed E-state index contributed by atoms with van der Waals surface area (Å²) in [5.41, 5.74) is 6.44. The molecule has 0 bridgehead atoms. The van der Waals surface area contributed by atoms with Gasteiger partial charge in [0.25, 0.3) is 0 Å². The lowest BCUT2D eigenvalue weighted by Gasteiger charge is -2.17. The highest BCUT2D eigenvalue weighted by molar-refractivity contribution is 6.29. The van der Waals surface area contributed by atoms with Crippen LogP contribution < -0.4 is 19.9 Å². The van der Waals surface area contributed by atoms with Gasteiger partial charge in [-0.15, -0.1) is 0 Å². The van der Waals surface area contributed by atoms with E-state index >= 15 is 0 Å². The number of anilines is 1. The molecule has 0 saturated heterocycles. The number of fused-ring (bicyclic) bond motifs is 1. The van der Waals surface area contributed by atoms with Gasteiger partial charge >= 0.3 is 0 Å². The minimum atomic E-state index is 0.0626. The van der Waals surface area contributed by atoms with Gasteiger partial charge in [0.1, 0.15) is 11.3 Å². The third kappa shape index (κ3) is 3.05. The number of benzene rings is 1. The van der Waals surface area contributed by atoms with E-state index in [0.29, 0.717) is 48.0 Å². The first kappa shape index (κ1) is 15.4. The van der Waals surface area contributed by atoms with Crippen LogP contribution in [0.15, 0.2) is 6.07 Å². The third-order valence-corrected chi connectivity index (χ3v) is 2.91. The van der Waals surface area contributed by atoms with Crippen LogP contribution in [0.1, 0.15) is 20.8 Å². The molecule has 2 aromatic rings. The van der Waals surface area contributed by atoms with Crippen LogP contribution in [0.4, 0.5) is 5.82 Å². The Hall–Kier alpha value is -1.95. The zero-order valence-corrected chi connectivity index (χ0v) is 13.0. The van der Waals surface area contributed by atoms with Gasteiger partial charge in [-0.1, -0.05) is 0 Å². The minimum Gasteiger partial charge on any atom is -0.490 e. The predicted molar refractivity (Wildman–Crippen MR) is 82.5 cm³/mol. The van der Waals surface area contributed by atoms with Crippen molar-refractivity contribution in [3.8, 4) is 17.2 Å². The largest absolute Gasteiger partial charge is 0.490 e. The van der Waals surface area contributed by atoms with Gasteiger partial charge in [0.15, 0.2) is 11.5 Å². The van der Waals surface area contributed by atoms with E-state index < -0.39 is 0 Å². The van der Waals surface area contributed by atoms with Crippen LogP contribution in [0.3, 0.4) is 0 Å². The maximum Gasteiger partial charge on any atom is 0.225 e. The molecule has 0 atom stereocenters. The van der Waals surface area contributed by atoms with Crippen molar-refractivity contribution in [3.05, 3.63) is 11.3 Å². The lowest BCUT2D eigenvalue weighted by molar-refractivity contribution is 0.263. The number of nitrogen functional groups attached to an aromatic ring is 1. The number of rotatable bonds is 6. The number of hydrogen-bond donors (Lipinski definition) is 1. The smallest absolute Gasteiger partial charge is 0.225 e. The van der Waals surface area contributed by atoms with E-state index in [1.54, 1.807) is 6.07 Å². The Balaban J connectivity index is 2.80. The molecule has 21 heavy (non-hydrogen) atoms. The molecular formula is C14H18ClN3O3. The number of nitrogens with zero attached hydrogens (tertiary/aromatic N) is 2. The minimum absolute atomic E-state index is 0.0626. The van der Waals surface area contributed by atoms with Gasteiger partial charge in [-0.3, -0.25) is 0 Å². The van der Waals surface area contributed by atoms with Crippen LogP contribution in [0, 0.1) is 0 Å². The average Bonchev–Trinajstić information content (AvgIpc) is 2.44. The molecule has 0 amide bonds. The SMILES string of the molecule is CCOc1cc2c(N)nc(Cl)nc2c(OCC)c1OCC. The molecule has 0 saturated carbocycles. The maximum atomic E-state index is 5.92. The molecule has 2 rings (SSSR count). The summed E-state index contributed by atoms with van der Waals surface area (Å²) in [5.74, 6) is 1.79. The first-order valence-corrected chi connectivity index (χ1v) is 7.18. The second-order valence-electron chi connectivity index (χ2n) is 4.11. The van der Waals surface area contributed by atoms with Crippen molar-refractivity contribution in [3.63, 3.8) is 0 Å². The Morgan fingerprint density at radius 3 is 2.24 bits per heavy atom. The molecule has 0 fully saturated rings. The lowest BCUT2D eigenvalue weighted by Crippen LogP contribution is -2.05. The quantitative estimate of drug-likeness (QED) is 0.826. The normalized spacial score (nSPS) is 10.7. The first-order chi connectivity index (χ1) is 10.1. The van der Waals surface area contributed by atoms with Crippen LogP contribution in [-0.4, -0.2) is 29.8 Å². The Kier molecular flexibility index (Phi) is 4.90. The topological polar surface area (TPSA) is 79.5 Å². The molecule has 0 aliphatic heterocycles. The Morgan fingerprint density at radius 2 is 1.62 bits per heavy atom. The second kappa shape index (κ2) is 6.67. The average molecular weight is 312 g/mol. The van der Waals surface area contributed by atoms with Crippen LogP contribution in [0.5, 0.6) is 17.2 Å². The summed E-state index contributed by atoms with van der Waals surface area (Å²) in [6.07, 6.45) is 0. The molecule has 114 valence electrons. The Bertz CT molecular complexity index is 649. The molecule has 1 aromatic heterocycles. The van der Waals surface area contributed by atoms with Crippen LogP contribution in [0.2, 0.25) is 5.28 Å². The van der Waals surface area contributed by atoms with E-state index in [1.807, 2.05) is 20.8 Å². The Labute approximate surface area is 128 Å².